The summed E-state index contributed by atoms with van der Waals surface area (Å²) in [6.45, 7) is 5.63. The molecule has 1 atom stereocenters. The van der Waals surface area contributed by atoms with E-state index in [1.54, 1.807) is 0 Å². The highest BCUT2D eigenvalue weighted by atomic mass is 35.5. The molecular weight excluding hydrogens is 152 g/mol. The highest BCUT2D eigenvalue weighted by Gasteiger charge is 2.24. The van der Waals surface area contributed by atoms with Crippen molar-refractivity contribution in [3.8, 4) is 0 Å². The Bertz CT molecular complexity index is 119. The van der Waals surface area contributed by atoms with Gasteiger partial charge in [-0.15, -0.1) is 12.4 Å². The fraction of sp³-hybridized carbons (Fsp3) is 0.833. The summed E-state index contributed by atoms with van der Waals surface area (Å²) in [5.41, 5.74) is 10.2. The molecule has 4 heteroatoms. The average Bonchev–Trinajstić information content (AvgIpc) is 1.62. The Morgan fingerprint density at radius 1 is 1.40 bits per heavy atom. The lowest BCUT2D eigenvalue weighted by Crippen LogP contribution is -2.46. The van der Waals surface area contributed by atoms with Crippen molar-refractivity contribution in [3.63, 3.8) is 0 Å². The monoisotopic (exact) mass is 166 g/mol. The Morgan fingerprint density at radius 2 is 1.70 bits per heavy atom. The first kappa shape index (κ1) is 12.4. The Labute approximate surface area is 67.6 Å². The quantitative estimate of drug-likeness (QED) is 0.587. The van der Waals surface area contributed by atoms with Gasteiger partial charge in [0, 0.05) is 0 Å². The lowest BCUT2D eigenvalue weighted by molar-refractivity contribution is -0.121. The van der Waals surface area contributed by atoms with Crippen LogP contribution < -0.4 is 11.5 Å². The Morgan fingerprint density at radius 3 is 1.70 bits per heavy atom. The van der Waals surface area contributed by atoms with Gasteiger partial charge in [-0.3, -0.25) is 4.79 Å². The van der Waals surface area contributed by atoms with Gasteiger partial charge in [-0.1, -0.05) is 20.8 Å². The van der Waals surface area contributed by atoms with Crippen LogP contribution in [0.5, 0.6) is 0 Å². The van der Waals surface area contributed by atoms with Gasteiger partial charge in [-0.25, -0.2) is 0 Å². The van der Waals surface area contributed by atoms with Crippen molar-refractivity contribution in [3.05, 3.63) is 0 Å². The van der Waals surface area contributed by atoms with Gasteiger partial charge in [0.25, 0.3) is 0 Å². The minimum absolute atomic E-state index is 0. The molecule has 10 heavy (non-hydrogen) atoms. The standard InChI is InChI=1S/C6H14N2O.ClH/c1-6(2,3)4(7)5(8)9;/h4H,7H2,1-3H3,(H2,8,9);1H. The molecule has 0 aliphatic rings. The Kier molecular flexibility index (Phi) is 4.69. The summed E-state index contributed by atoms with van der Waals surface area (Å²) in [4.78, 5) is 10.4. The molecule has 0 aromatic rings. The van der Waals surface area contributed by atoms with Crippen LogP contribution in [-0.4, -0.2) is 11.9 Å². The molecule has 62 valence electrons. The zero-order chi connectivity index (χ0) is 7.65. The van der Waals surface area contributed by atoms with Crippen LogP contribution in [0.3, 0.4) is 0 Å². The maximum atomic E-state index is 10.4. The molecule has 1 amide bonds. The van der Waals surface area contributed by atoms with Gasteiger partial charge in [0.2, 0.25) is 5.91 Å². The predicted molar refractivity (Wildman–Crippen MR) is 43.9 cm³/mol. The summed E-state index contributed by atoms with van der Waals surface area (Å²) < 4.78 is 0. The van der Waals surface area contributed by atoms with Crippen molar-refractivity contribution in [2.45, 2.75) is 26.8 Å². The molecule has 4 N–H and O–H groups in total. The SMILES string of the molecule is CC(C)(C)C(N)C(N)=O.Cl. The van der Waals surface area contributed by atoms with Crippen molar-refractivity contribution < 1.29 is 4.79 Å². The van der Waals surface area contributed by atoms with Crippen LogP contribution in [0.1, 0.15) is 20.8 Å². The van der Waals surface area contributed by atoms with Crippen LogP contribution in [0, 0.1) is 5.41 Å². The maximum Gasteiger partial charge on any atom is 0.234 e. The summed E-state index contributed by atoms with van der Waals surface area (Å²) in [7, 11) is 0. The van der Waals surface area contributed by atoms with E-state index in [2.05, 4.69) is 0 Å². The Balaban J connectivity index is 0. The first-order valence-corrected chi connectivity index (χ1v) is 2.90. The number of carbonyl (C=O) groups excluding carboxylic acids is 1. The van der Waals surface area contributed by atoms with Crippen molar-refractivity contribution in [2.75, 3.05) is 0 Å². The summed E-state index contributed by atoms with van der Waals surface area (Å²) in [5.74, 6) is -0.442. The van der Waals surface area contributed by atoms with Crippen molar-refractivity contribution in [1.82, 2.24) is 0 Å². The molecule has 0 radical (unpaired) electrons. The fourth-order valence-corrected chi connectivity index (χ4v) is 0.427. The molecule has 0 aliphatic heterocycles. The van der Waals surface area contributed by atoms with E-state index < -0.39 is 11.9 Å². The van der Waals surface area contributed by atoms with Gasteiger partial charge < -0.3 is 11.5 Å². The first-order chi connectivity index (χ1) is 3.85. The molecule has 0 bridgehead atoms. The van der Waals surface area contributed by atoms with Gasteiger partial charge in [-0.05, 0) is 5.41 Å². The van der Waals surface area contributed by atoms with Crippen LogP contribution in [-0.2, 0) is 4.79 Å². The summed E-state index contributed by atoms with van der Waals surface area (Å²) >= 11 is 0. The largest absolute Gasteiger partial charge is 0.368 e. The zero-order valence-corrected chi connectivity index (χ0v) is 7.37. The molecule has 3 nitrogen and oxygen atoms in total. The van der Waals surface area contributed by atoms with E-state index in [-0.39, 0.29) is 17.8 Å². The summed E-state index contributed by atoms with van der Waals surface area (Å²) in [5, 5.41) is 0. The van der Waals surface area contributed by atoms with Crippen LogP contribution in [0.15, 0.2) is 0 Å². The van der Waals surface area contributed by atoms with E-state index in [0.29, 0.717) is 0 Å². The number of rotatable bonds is 1. The van der Waals surface area contributed by atoms with Gasteiger partial charge in [0.1, 0.15) is 0 Å². The second-order valence-electron chi connectivity index (χ2n) is 3.25. The third-order valence-electron chi connectivity index (χ3n) is 1.24. The minimum atomic E-state index is -0.544. The molecule has 0 spiro atoms. The first-order valence-electron chi connectivity index (χ1n) is 2.90. The number of hydrogen-bond acceptors (Lipinski definition) is 2. The second-order valence-corrected chi connectivity index (χ2v) is 3.25. The third kappa shape index (κ3) is 3.69. The number of nitrogens with two attached hydrogens (primary N) is 2. The van der Waals surface area contributed by atoms with Crippen molar-refractivity contribution in [1.29, 1.82) is 0 Å². The normalized spacial score (nSPS) is 13.6. The van der Waals surface area contributed by atoms with E-state index in [1.165, 1.54) is 0 Å². The molecule has 0 fully saturated rings. The van der Waals surface area contributed by atoms with Gasteiger partial charge in [-0.2, -0.15) is 0 Å². The molecule has 0 heterocycles. The van der Waals surface area contributed by atoms with Crippen LogP contribution in [0.4, 0.5) is 0 Å². The van der Waals surface area contributed by atoms with E-state index in [9.17, 15) is 4.79 Å². The number of amides is 1. The highest BCUT2D eigenvalue weighted by molar-refractivity contribution is 5.85. The smallest absolute Gasteiger partial charge is 0.234 e. The van der Waals surface area contributed by atoms with Gasteiger partial charge in [0.05, 0.1) is 6.04 Å². The molecule has 0 aromatic heterocycles. The predicted octanol–water partition coefficient (Wildman–Crippen LogP) is 0.267. The molecule has 0 rings (SSSR count). The minimum Gasteiger partial charge on any atom is -0.368 e. The molecule has 0 saturated heterocycles. The highest BCUT2D eigenvalue weighted by Crippen LogP contribution is 2.16. The lowest BCUT2D eigenvalue weighted by atomic mass is 9.87. The average molecular weight is 167 g/mol. The molecule has 1 unspecified atom stereocenters. The summed E-state index contributed by atoms with van der Waals surface area (Å²) in [6, 6.07) is -0.544. The number of carbonyl (C=O) groups is 1. The van der Waals surface area contributed by atoms with Crippen LogP contribution in [0.2, 0.25) is 0 Å². The second kappa shape index (κ2) is 3.78. The van der Waals surface area contributed by atoms with Crippen molar-refractivity contribution in [2.24, 2.45) is 16.9 Å². The number of primary amides is 1. The molecular formula is C6H15ClN2O. The molecule has 0 aliphatic carbocycles. The van der Waals surface area contributed by atoms with Crippen LogP contribution >= 0.6 is 12.4 Å². The van der Waals surface area contributed by atoms with E-state index in [0.717, 1.165) is 0 Å². The lowest BCUT2D eigenvalue weighted by Gasteiger charge is -2.23. The zero-order valence-electron chi connectivity index (χ0n) is 6.55. The fourth-order valence-electron chi connectivity index (χ4n) is 0.427. The topological polar surface area (TPSA) is 69.1 Å². The van der Waals surface area contributed by atoms with Crippen LogP contribution in [0.25, 0.3) is 0 Å². The van der Waals surface area contributed by atoms with E-state index in [1.807, 2.05) is 20.8 Å². The van der Waals surface area contributed by atoms with Crippen molar-refractivity contribution >= 4 is 18.3 Å². The third-order valence-corrected chi connectivity index (χ3v) is 1.24. The Hall–Kier alpha value is -0.280. The van der Waals surface area contributed by atoms with Gasteiger partial charge in [0.15, 0.2) is 0 Å². The van der Waals surface area contributed by atoms with E-state index >= 15 is 0 Å². The molecule has 0 aromatic carbocycles. The maximum absolute atomic E-state index is 10.4. The molecule has 0 saturated carbocycles. The number of halogens is 1. The summed E-state index contributed by atoms with van der Waals surface area (Å²) in [6.07, 6.45) is 0. The van der Waals surface area contributed by atoms with E-state index in [4.69, 9.17) is 11.5 Å². The number of hydrogen-bond donors (Lipinski definition) is 2. The van der Waals surface area contributed by atoms with Gasteiger partial charge >= 0.3 is 0 Å².